The number of rotatable bonds is 2. The van der Waals surface area contributed by atoms with Crippen LogP contribution in [0.4, 0.5) is 0 Å². The second-order valence-electron chi connectivity index (χ2n) is 3.51. The predicted molar refractivity (Wildman–Crippen MR) is 59.3 cm³/mol. The van der Waals surface area contributed by atoms with Crippen molar-refractivity contribution in [2.75, 3.05) is 0 Å². The van der Waals surface area contributed by atoms with Gasteiger partial charge in [0.15, 0.2) is 11.5 Å². The zero-order valence-electron chi connectivity index (χ0n) is 8.82. The van der Waals surface area contributed by atoms with Crippen LogP contribution in [0.3, 0.4) is 0 Å². The number of hydrogen-bond donors (Lipinski definition) is 1. The van der Waals surface area contributed by atoms with E-state index >= 15 is 0 Å². The van der Waals surface area contributed by atoms with Gasteiger partial charge in [0, 0.05) is 18.9 Å². The van der Waals surface area contributed by atoms with E-state index in [1.807, 2.05) is 35.8 Å². The minimum atomic E-state index is -0.106. The number of hydrogen-bond acceptors (Lipinski definition) is 2. The van der Waals surface area contributed by atoms with E-state index in [-0.39, 0.29) is 11.5 Å². The maximum atomic E-state index is 11.4. The summed E-state index contributed by atoms with van der Waals surface area (Å²) in [6, 6.07) is 7.48. The Morgan fingerprint density at radius 2 is 2.07 bits per heavy atom. The van der Waals surface area contributed by atoms with Gasteiger partial charge in [0.2, 0.25) is 0 Å². The number of benzene rings is 1. The molecule has 0 amide bonds. The molecule has 1 aromatic carbocycles. The topological polar surface area (TPSA) is 42.2 Å². The van der Waals surface area contributed by atoms with Crippen LogP contribution in [0, 0.1) is 0 Å². The molecule has 78 valence electrons. The van der Waals surface area contributed by atoms with Crippen molar-refractivity contribution in [3.05, 3.63) is 30.0 Å². The van der Waals surface area contributed by atoms with E-state index in [2.05, 4.69) is 0 Å². The molecule has 0 fully saturated rings. The van der Waals surface area contributed by atoms with Crippen molar-refractivity contribution in [1.29, 1.82) is 0 Å². The van der Waals surface area contributed by atoms with Crippen LogP contribution in [0.15, 0.2) is 24.3 Å². The number of Topliss-reactive ketones (excluding diaryl/α,β-unsaturated/α-hetero) is 1. The predicted octanol–water partition coefficient (Wildman–Crippen LogP) is 2.57. The van der Waals surface area contributed by atoms with Crippen LogP contribution in [-0.2, 0) is 6.54 Å². The highest BCUT2D eigenvalue weighted by Gasteiger charge is 2.17. The highest BCUT2D eigenvalue weighted by atomic mass is 16.3. The number of para-hydroxylation sites is 1. The highest BCUT2D eigenvalue weighted by molar-refractivity contribution is 6.03. The summed E-state index contributed by atoms with van der Waals surface area (Å²) in [6.45, 7) is 4.11. The van der Waals surface area contributed by atoms with Crippen LogP contribution in [0.2, 0.25) is 0 Å². The molecule has 0 saturated heterocycles. The Bertz CT molecular complexity index is 526. The smallest absolute Gasteiger partial charge is 0.179 e. The van der Waals surface area contributed by atoms with Crippen LogP contribution in [0.25, 0.3) is 10.9 Å². The Labute approximate surface area is 87.9 Å². The molecular formula is C12H13NO2. The van der Waals surface area contributed by atoms with Crippen molar-refractivity contribution in [3.8, 4) is 5.75 Å². The third-order valence-corrected chi connectivity index (χ3v) is 2.59. The molecule has 0 bridgehead atoms. The average Bonchev–Trinajstić information content (AvgIpc) is 2.52. The van der Waals surface area contributed by atoms with E-state index in [1.54, 1.807) is 0 Å². The quantitative estimate of drug-likeness (QED) is 0.762. The fourth-order valence-electron chi connectivity index (χ4n) is 1.97. The lowest BCUT2D eigenvalue weighted by molar-refractivity contribution is 0.100. The molecule has 2 aromatic rings. The van der Waals surface area contributed by atoms with Crippen molar-refractivity contribution in [1.82, 2.24) is 4.57 Å². The van der Waals surface area contributed by atoms with E-state index in [1.165, 1.54) is 6.92 Å². The number of carbonyl (C=O) groups is 1. The van der Waals surface area contributed by atoms with Crippen LogP contribution in [0.1, 0.15) is 24.3 Å². The highest BCUT2D eigenvalue weighted by Crippen LogP contribution is 2.32. The fourth-order valence-corrected chi connectivity index (χ4v) is 1.97. The largest absolute Gasteiger partial charge is 0.505 e. The number of aryl methyl sites for hydroxylation is 1. The van der Waals surface area contributed by atoms with Crippen LogP contribution < -0.4 is 0 Å². The monoisotopic (exact) mass is 203 g/mol. The second kappa shape index (κ2) is 3.42. The number of aromatic nitrogens is 1. The number of ketones is 1. The first kappa shape index (κ1) is 9.77. The van der Waals surface area contributed by atoms with Crippen molar-refractivity contribution >= 4 is 16.7 Å². The van der Waals surface area contributed by atoms with Crippen LogP contribution >= 0.6 is 0 Å². The van der Waals surface area contributed by atoms with E-state index in [9.17, 15) is 9.90 Å². The van der Waals surface area contributed by atoms with Gasteiger partial charge in [-0.05, 0) is 19.1 Å². The molecule has 0 radical (unpaired) electrons. The van der Waals surface area contributed by atoms with Gasteiger partial charge in [-0.25, -0.2) is 0 Å². The first-order valence-corrected chi connectivity index (χ1v) is 4.98. The number of fused-ring (bicyclic) bond motifs is 1. The van der Waals surface area contributed by atoms with Crippen molar-refractivity contribution in [3.63, 3.8) is 0 Å². The van der Waals surface area contributed by atoms with Gasteiger partial charge in [0.05, 0.1) is 5.52 Å². The van der Waals surface area contributed by atoms with Gasteiger partial charge in [0.25, 0.3) is 0 Å². The molecule has 0 aliphatic rings. The third kappa shape index (κ3) is 1.31. The zero-order valence-corrected chi connectivity index (χ0v) is 8.82. The summed E-state index contributed by atoms with van der Waals surface area (Å²) in [5, 5.41) is 10.7. The standard InChI is InChI=1S/C12H13NO2/c1-3-13-10-7-5-4-6-9(10)12(15)11(13)8(2)14/h4-7,15H,3H2,1-2H3. The third-order valence-electron chi connectivity index (χ3n) is 2.59. The summed E-state index contributed by atoms with van der Waals surface area (Å²) in [7, 11) is 0. The molecule has 3 nitrogen and oxygen atoms in total. The van der Waals surface area contributed by atoms with Crippen molar-refractivity contribution < 1.29 is 9.90 Å². The molecule has 3 heteroatoms. The fraction of sp³-hybridized carbons (Fsp3) is 0.250. The van der Waals surface area contributed by atoms with Gasteiger partial charge in [-0.3, -0.25) is 4.79 Å². The summed E-state index contributed by atoms with van der Waals surface area (Å²) >= 11 is 0. The Kier molecular flexibility index (Phi) is 2.23. The van der Waals surface area contributed by atoms with Gasteiger partial charge in [-0.15, -0.1) is 0 Å². The van der Waals surface area contributed by atoms with Crippen molar-refractivity contribution in [2.45, 2.75) is 20.4 Å². The van der Waals surface area contributed by atoms with Gasteiger partial charge < -0.3 is 9.67 Å². The summed E-state index contributed by atoms with van der Waals surface area (Å²) in [4.78, 5) is 11.4. The molecule has 1 aromatic heterocycles. The molecular weight excluding hydrogens is 190 g/mol. The average molecular weight is 203 g/mol. The lowest BCUT2D eigenvalue weighted by Crippen LogP contribution is -2.04. The Balaban J connectivity index is 2.90. The summed E-state index contributed by atoms with van der Waals surface area (Å²) in [6.07, 6.45) is 0. The maximum absolute atomic E-state index is 11.4. The van der Waals surface area contributed by atoms with Gasteiger partial charge in [-0.1, -0.05) is 12.1 Å². The molecule has 0 aliphatic heterocycles. The van der Waals surface area contributed by atoms with E-state index in [4.69, 9.17) is 0 Å². The molecule has 0 aliphatic carbocycles. The Morgan fingerprint density at radius 3 is 2.67 bits per heavy atom. The molecule has 2 rings (SSSR count). The normalized spacial score (nSPS) is 10.8. The molecule has 0 saturated carbocycles. The van der Waals surface area contributed by atoms with Gasteiger partial charge in [0.1, 0.15) is 5.69 Å². The zero-order chi connectivity index (χ0) is 11.0. The number of carbonyl (C=O) groups excluding carboxylic acids is 1. The summed E-state index contributed by atoms with van der Waals surface area (Å²) in [5.41, 5.74) is 1.31. The first-order valence-electron chi connectivity index (χ1n) is 4.98. The van der Waals surface area contributed by atoms with E-state index < -0.39 is 0 Å². The summed E-state index contributed by atoms with van der Waals surface area (Å²) in [5.74, 6) is -0.00880. The number of aromatic hydroxyl groups is 1. The lowest BCUT2D eigenvalue weighted by atomic mass is 10.2. The number of nitrogens with zero attached hydrogens (tertiary/aromatic N) is 1. The molecule has 0 atom stereocenters. The summed E-state index contributed by atoms with van der Waals surface area (Å²) < 4.78 is 1.84. The first-order chi connectivity index (χ1) is 7.16. The minimum absolute atomic E-state index is 0.0972. The van der Waals surface area contributed by atoms with Gasteiger partial charge >= 0.3 is 0 Å². The van der Waals surface area contributed by atoms with E-state index in [0.717, 1.165) is 10.9 Å². The lowest BCUT2D eigenvalue weighted by Gasteiger charge is -2.03. The SMILES string of the molecule is CCn1c(C(C)=O)c(O)c2ccccc21. The molecule has 1 heterocycles. The molecule has 15 heavy (non-hydrogen) atoms. The molecule has 1 N–H and O–H groups in total. The molecule has 0 spiro atoms. The van der Waals surface area contributed by atoms with Gasteiger partial charge in [-0.2, -0.15) is 0 Å². The second-order valence-corrected chi connectivity index (χ2v) is 3.51. The van der Waals surface area contributed by atoms with Crippen molar-refractivity contribution in [2.24, 2.45) is 0 Å². The van der Waals surface area contributed by atoms with Crippen LogP contribution in [-0.4, -0.2) is 15.5 Å². The molecule has 0 unspecified atom stereocenters. The Hall–Kier alpha value is -1.77. The minimum Gasteiger partial charge on any atom is -0.505 e. The Morgan fingerprint density at radius 1 is 1.40 bits per heavy atom. The van der Waals surface area contributed by atoms with E-state index in [0.29, 0.717) is 12.2 Å². The van der Waals surface area contributed by atoms with Crippen LogP contribution in [0.5, 0.6) is 5.75 Å². The maximum Gasteiger partial charge on any atom is 0.179 e.